The predicted octanol–water partition coefficient (Wildman–Crippen LogP) is 2.31. The standard InChI is InChI=1S/C13H12F2N4S/c1-7-4-11(12(16)20)19-13(18-7)17-6-8-5-9(14)2-3-10(8)15/h2-5H,6H2,1H3,(H2,16,20)(H,17,18,19). The van der Waals surface area contributed by atoms with E-state index in [1.165, 1.54) is 0 Å². The van der Waals surface area contributed by atoms with Crippen molar-refractivity contribution < 1.29 is 8.78 Å². The van der Waals surface area contributed by atoms with Crippen molar-refractivity contribution in [1.82, 2.24) is 9.97 Å². The first-order valence-electron chi connectivity index (χ1n) is 5.79. The van der Waals surface area contributed by atoms with Crippen LogP contribution in [0.1, 0.15) is 17.0 Å². The number of aromatic nitrogens is 2. The van der Waals surface area contributed by atoms with Gasteiger partial charge in [-0.2, -0.15) is 0 Å². The Hall–Kier alpha value is -2.15. The highest BCUT2D eigenvalue weighted by Gasteiger charge is 2.07. The molecule has 1 heterocycles. The van der Waals surface area contributed by atoms with Gasteiger partial charge < -0.3 is 11.1 Å². The summed E-state index contributed by atoms with van der Waals surface area (Å²) in [5.41, 5.74) is 6.79. The molecular formula is C13H12F2N4S. The van der Waals surface area contributed by atoms with Gasteiger partial charge in [0.25, 0.3) is 0 Å². The van der Waals surface area contributed by atoms with Gasteiger partial charge in [-0.3, -0.25) is 0 Å². The van der Waals surface area contributed by atoms with Gasteiger partial charge in [-0.1, -0.05) is 12.2 Å². The quantitative estimate of drug-likeness (QED) is 0.847. The fourth-order valence-electron chi connectivity index (χ4n) is 1.63. The summed E-state index contributed by atoms with van der Waals surface area (Å²) in [5.74, 6) is -0.741. The number of nitrogens with zero attached hydrogens (tertiary/aromatic N) is 2. The van der Waals surface area contributed by atoms with Crippen molar-refractivity contribution in [3.8, 4) is 0 Å². The summed E-state index contributed by atoms with van der Waals surface area (Å²) < 4.78 is 26.5. The number of hydrogen-bond donors (Lipinski definition) is 2. The third kappa shape index (κ3) is 3.45. The number of thiocarbonyl (C=S) groups is 1. The second-order valence-corrected chi connectivity index (χ2v) is 4.61. The van der Waals surface area contributed by atoms with Crippen LogP contribution in [0.3, 0.4) is 0 Å². The van der Waals surface area contributed by atoms with Crippen LogP contribution in [-0.2, 0) is 6.54 Å². The summed E-state index contributed by atoms with van der Waals surface area (Å²) in [5, 5.41) is 2.82. The largest absolute Gasteiger partial charge is 0.388 e. The highest BCUT2D eigenvalue weighted by Crippen LogP contribution is 2.12. The van der Waals surface area contributed by atoms with E-state index < -0.39 is 11.6 Å². The van der Waals surface area contributed by atoms with Gasteiger partial charge in [0, 0.05) is 17.8 Å². The molecule has 0 amide bonds. The molecule has 104 valence electrons. The van der Waals surface area contributed by atoms with Crippen LogP contribution in [0.2, 0.25) is 0 Å². The lowest BCUT2D eigenvalue weighted by Crippen LogP contribution is -2.15. The first-order valence-corrected chi connectivity index (χ1v) is 6.20. The average Bonchev–Trinajstić information content (AvgIpc) is 2.39. The van der Waals surface area contributed by atoms with Crippen LogP contribution in [0.5, 0.6) is 0 Å². The molecule has 7 heteroatoms. The third-order valence-electron chi connectivity index (χ3n) is 2.55. The molecule has 0 fully saturated rings. The van der Waals surface area contributed by atoms with Crippen molar-refractivity contribution in [2.75, 3.05) is 5.32 Å². The topological polar surface area (TPSA) is 63.8 Å². The van der Waals surface area contributed by atoms with Gasteiger partial charge in [-0.05, 0) is 31.2 Å². The fourth-order valence-corrected chi connectivity index (χ4v) is 1.73. The summed E-state index contributed by atoms with van der Waals surface area (Å²) in [6.07, 6.45) is 0. The number of halogens is 2. The molecule has 4 nitrogen and oxygen atoms in total. The van der Waals surface area contributed by atoms with Crippen LogP contribution in [0.15, 0.2) is 24.3 Å². The Kier molecular flexibility index (Phi) is 4.19. The second-order valence-electron chi connectivity index (χ2n) is 4.17. The van der Waals surface area contributed by atoms with Crippen LogP contribution in [-0.4, -0.2) is 15.0 Å². The first kappa shape index (κ1) is 14.3. The van der Waals surface area contributed by atoms with E-state index in [1.54, 1.807) is 13.0 Å². The molecule has 1 aromatic heterocycles. The van der Waals surface area contributed by atoms with E-state index in [-0.39, 0.29) is 23.0 Å². The number of aryl methyl sites for hydroxylation is 1. The van der Waals surface area contributed by atoms with Crippen LogP contribution >= 0.6 is 12.2 Å². The Bertz CT molecular complexity index is 661. The highest BCUT2D eigenvalue weighted by atomic mass is 32.1. The predicted molar refractivity (Wildman–Crippen MR) is 76.3 cm³/mol. The lowest BCUT2D eigenvalue weighted by Gasteiger charge is -2.08. The molecule has 0 saturated carbocycles. The molecule has 0 radical (unpaired) electrons. The molecule has 0 aliphatic carbocycles. The van der Waals surface area contributed by atoms with Crippen LogP contribution in [0.4, 0.5) is 14.7 Å². The van der Waals surface area contributed by atoms with E-state index >= 15 is 0 Å². The zero-order chi connectivity index (χ0) is 14.7. The second kappa shape index (κ2) is 5.87. The van der Waals surface area contributed by atoms with E-state index in [1.807, 2.05) is 0 Å². The molecule has 0 saturated heterocycles. The lowest BCUT2D eigenvalue weighted by atomic mass is 10.2. The van der Waals surface area contributed by atoms with Gasteiger partial charge in [0.15, 0.2) is 0 Å². The fraction of sp³-hybridized carbons (Fsp3) is 0.154. The Morgan fingerprint density at radius 1 is 1.30 bits per heavy atom. The molecule has 2 rings (SSSR count). The van der Waals surface area contributed by atoms with E-state index in [4.69, 9.17) is 18.0 Å². The number of benzene rings is 1. The number of hydrogen-bond acceptors (Lipinski definition) is 4. The molecule has 0 bridgehead atoms. The van der Waals surface area contributed by atoms with Gasteiger partial charge in [-0.15, -0.1) is 0 Å². The van der Waals surface area contributed by atoms with Crippen molar-refractivity contribution in [2.24, 2.45) is 5.73 Å². The van der Waals surface area contributed by atoms with E-state index in [9.17, 15) is 8.78 Å². The van der Waals surface area contributed by atoms with Gasteiger partial charge >= 0.3 is 0 Å². The molecule has 1 aromatic carbocycles. The molecule has 20 heavy (non-hydrogen) atoms. The summed E-state index contributed by atoms with van der Waals surface area (Å²) in [6, 6.07) is 4.90. The Labute approximate surface area is 120 Å². The third-order valence-corrected chi connectivity index (χ3v) is 2.76. The first-order chi connectivity index (χ1) is 9.45. The van der Waals surface area contributed by atoms with Crippen molar-refractivity contribution in [3.63, 3.8) is 0 Å². The van der Waals surface area contributed by atoms with Crippen LogP contribution in [0, 0.1) is 18.6 Å². The molecule has 0 unspecified atom stereocenters. The van der Waals surface area contributed by atoms with E-state index in [0.29, 0.717) is 11.4 Å². The summed E-state index contributed by atoms with van der Waals surface area (Å²) in [4.78, 5) is 8.37. The zero-order valence-electron chi connectivity index (χ0n) is 10.7. The van der Waals surface area contributed by atoms with E-state index in [0.717, 1.165) is 18.2 Å². The SMILES string of the molecule is Cc1cc(C(N)=S)nc(NCc2cc(F)ccc2F)n1. The molecule has 0 aliphatic rings. The van der Waals surface area contributed by atoms with Crippen LogP contribution < -0.4 is 11.1 Å². The maximum atomic E-state index is 13.5. The minimum Gasteiger partial charge on any atom is -0.388 e. The molecule has 3 N–H and O–H groups in total. The maximum absolute atomic E-state index is 13.5. The molecule has 0 aliphatic heterocycles. The Morgan fingerprint density at radius 2 is 2.05 bits per heavy atom. The van der Waals surface area contributed by atoms with Crippen LogP contribution in [0.25, 0.3) is 0 Å². The Balaban J connectivity index is 2.18. The van der Waals surface area contributed by atoms with Gasteiger partial charge in [0.05, 0.1) is 0 Å². The van der Waals surface area contributed by atoms with Crippen molar-refractivity contribution in [3.05, 3.63) is 52.9 Å². The molecule has 0 atom stereocenters. The molecular weight excluding hydrogens is 282 g/mol. The van der Waals surface area contributed by atoms with E-state index in [2.05, 4.69) is 15.3 Å². The van der Waals surface area contributed by atoms with Gasteiger partial charge in [0.2, 0.25) is 5.95 Å². The van der Waals surface area contributed by atoms with Gasteiger partial charge in [-0.25, -0.2) is 18.7 Å². The number of nitrogens with one attached hydrogen (secondary N) is 1. The number of anilines is 1. The monoisotopic (exact) mass is 294 g/mol. The number of nitrogens with two attached hydrogens (primary N) is 1. The maximum Gasteiger partial charge on any atom is 0.223 e. The highest BCUT2D eigenvalue weighted by molar-refractivity contribution is 7.80. The van der Waals surface area contributed by atoms with Gasteiger partial charge in [0.1, 0.15) is 22.3 Å². The number of rotatable bonds is 4. The molecule has 0 spiro atoms. The normalized spacial score (nSPS) is 10.3. The van der Waals surface area contributed by atoms with Crippen molar-refractivity contribution in [2.45, 2.75) is 13.5 Å². The summed E-state index contributed by atoms with van der Waals surface area (Å²) in [6.45, 7) is 1.82. The Morgan fingerprint density at radius 3 is 2.75 bits per heavy atom. The minimum absolute atomic E-state index is 0.0593. The smallest absolute Gasteiger partial charge is 0.223 e. The summed E-state index contributed by atoms with van der Waals surface area (Å²) in [7, 11) is 0. The molecule has 2 aromatic rings. The summed E-state index contributed by atoms with van der Waals surface area (Å²) >= 11 is 4.85. The minimum atomic E-state index is -0.503. The average molecular weight is 294 g/mol. The zero-order valence-corrected chi connectivity index (χ0v) is 11.5. The lowest BCUT2D eigenvalue weighted by molar-refractivity contribution is 0.587. The van der Waals surface area contributed by atoms with Crippen molar-refractivity contribution >= 4 is 23.2 Å². The van der Waals surface area contributed by atoms with Crippen molar-refractivity contribution in [1.29, 1.82) is 0 Å².